The molecule has 4 saturated heterocycles. The summed E-state index contributed by atoms with van der Waals surface area (Å²) in [5.41, 5.74) is -2.28. The Labute approximate surface area is 237 Å². The van der Waals surface area contributed by atoms with Gasteiger partial charge in [-0.3, -0.25) is 0 Å². The second-order valence-electron chi connectivity index (χ2n) is 14.1. The minimum absolute atomic E-state index is 0.0198. The van der Waals surface area contributed by atoms with E-state index in [-0.39, 0.29) is 41.5 Å². The first-order valence-corrected chi connectivity index (χ1v) is 15.4. The van der Waals surface area contributed by atoms with Crippen molar-refractivity contribution in [3.05, 3.63) is 12.2 Å². The molecule has 0 bridgehead atoms. The predicted octanol–water partition coefficient (Wildman–Crippen LogP) is 5.31. The monoisotopic (exact) mass is 602 g/mol. The summed E-state index contributed by atoms with van der Waals surface area (Å²) < 4.78 is 25.9. The second-order valence-corrected chi connectivity index (χ2v) is 15.2. The van der Waals surface area contributed by atoms with Gasteiger partial charge < -0.3 is 34.3 Å². The first-order valence-electron chi connectivity index (χ1n) is 14.5. The summed E-state index contributed by atoms with van der Waals surface area (Å²) in [6.45, 7) is 17.9. The van der Waals surface area contributed by atoms with E-state index in [1.807, 2.05) is 0 Å². The van der Waals surface area contributed by atoms with Gasteiger partial charge in [0.15, 0.2) is 5.79 Å². The SMILES string of the molecule is C=C(CC[C@H](O)[C@@]1(C)CC[C@](O)(C(C)(C)O)O1)[C@H]1CC[C@H]2O[C@@H]([C@]3(C)CC[C@@H](Br)C(C)(C)O3)CC[C@]2(C)O1. The Morgan fingerprint density at radius 3 is 2.18 bits per heavy atom. The van der Waals surface area contributed by atoms with Crippen LogP contribution < -0.4 is 0 Å². The molecular weight excluding hydrogens is 552 g/mol. The summed E-state index contributed by atoms with van der Waals surface area (Å²) in [6.07, 6.45) is 6.57. The largest absolute Gasteiger partial charge is 0.390 e. The number of aliphatic hydroxyl groups is 3. The van der Waals surface area contributed by atoms with E-state index in [4.69, 9.17) is 18.9 Å². The fourth-order valence-corrected chi connectivity index (χ4v) is 7.31. The Bertz CT molecular complexity index is 888. The molecule has 0 aromatic rings. The molecule has 4 rings (SSSR count). The van der Waals surface area contributed by atoms with Gasteiger partial charge in [-0.15, -0.1) is 0 Å². The zero-order valence-corrected chi connectivity index (χ0v) is 26.1. The second kappa shape index (κ2) is 10.3. The quantitative estimate of drug-likeness (QED) is 0.268. The number of hydrogen-bond donors (Lipinski definition) is 3. The zero-order chi connectivity index (χ0) is 28.4. The lowest BCUT2D eigenvalue weighted by atomic mass is 9.76. The first kappa shape index (κ1) is 30.9. The number of aliphatic hydroxyl groups excluding tert-OH is 1. The van der Waals surface area contributed by atoms with Gasteiger partial charge in [0.25, 0.3) is 0 Å². The van der Waals surface area contributed by atoms with E-state index in [2.05, 4.69) is 50.2 Å². The minimum Gasteiger partial charge on any atom is -0.390 e. The van der Waals surface area contributed by atoms with Crippen LogP contribution in [-0.4, -0.2) is 78.4 Å². The highest BCUT2D eigenvalue weighted by Gasteiger charge is 2.56. The third-order valence-electron chi connectivity index (χ3n) is 10.1. The standard InChI is InChI=1S/C30H51BrO7/c1-19(9-11-22(32)27(6)17-18-30(34,38-27)26(4,5)33)20-10-12-23-28(7,36-20)16-14-24(35-23)29(8)15-13-21(31)25(2,3)37-29/h20-24,32-34H,1,9-18H2,2-8H3/t20-,21-,22+,23-,24-,27-,28+,29+,30-/m1/s1. The van der Waals surface area contributed by atoms with Gasteiger partial charge >= 0.3 is 0 Å². The van der Waals surface area contributed by atoms with E-state index >= 15 is 0 Å². The smallest absolute Gasteiger partial charge is 0.195 e. The maximum atomic E-state index is 11.0. The van der Waals surface area contributed by atoms with E-state index in [0.717, 1.165) is 44.1 Å². The minimum atomic E-state index is -1.67. The van der Waals surface area contributed by atoms with Crippen LogP contribution in [0, 0.1) is 0 Å². The summed E-state index contributed by atoms with van der Waals surface area (Å²) in [6, 6.07) is 0. The highest BCUT2D eigenvalue weighted by Crippen LogP contribution is 2.49. The molecule has 220 valence electrons. The molecule has 0 saturated carbocycles. The molecule has 4 heterocycles. The van der Waals surface area contributed by atoms with E-state index in [1.54, 1.807) is 6.92 Å². The van der Waals surface area contributed by atoms with Gasteiger partial charge in [-0.2, -0.15) is 0 Å². The van der Waals surface area contributed by atoms with Gasteiger partial charge in [0.1, 0.15) is 5.60 Å². The maximum Gasteiger partial charge on any atom is 0.195 e. The van der Waals surface area contributed by atoms with Crippen LogP contribution in [0.5, 0.6) is 0 Å². The van der Waals surface area contributed by atoms with E-state index in [1.165, 1.54) is 13.8 Å². The lowest BCUT2D eigenvalue weighted by Gasteiger charge is -2.55. The molecule has 9 atom stereocenters. The topological polar surface area (TPSA) is 97.6 Å². The molecule has 0 aliphatic carbocycles. The average Bonchev–Trinajstić information content (AvgIpc) is 3.15. The van der Waals surface area contributed by atoms with Gasteiger partial charge in [0.05, 0.1) is 46.8 Å². The van der Waals surface area contributed by atoms with Crippen LogP contribution in [0.3, 0.4) is 0 Å². The molecule has 4 aliphatic heterocycles. The van der Waals surface area contributed by atoms with Crippen LogP contribution in [0.4, 0.5) is 0 Å². The summed E-state index contributed by atoms with van der Waals surface area (Å²) in [5.74, 6) is -1.67. The van der Waals surface area contributed by atoms with Crippen LogP contribution in [0.15, 0.2) is 12.2 Å². The molecule has 38 heavy (non-hydrogen) atoms. The van der Waals surface area contributed by atoms with Gasteiger partial charge in [-0.05, 0) is 112 Å². The summed E-state index contributed by atoms with van der Waals surface area (Å²) in [4.78, 5) is 0.343. The summed E-state index contributed by atoms with van der Waals surface area (Å²) in [7, 11) is 0. The van der Waals surface area contributed by atoms with Crippen molar-refractivity contribution in [3.8, 4) is 0 Å². The fourth-order valence-electron chi connectivity index (χ4n) is 6.98. The molecule has 0 radical (unpaired) electrons. The van der Waals surface area contributed by atoms with Gasteiger partial charge in [0, 0.05) is 11.2 Å². The van der Waals surface area contributed by atoms with E-state index in [0.29, 0.717) is 24.1 Å². The molecule has 3 N–H and O–H groups in total. The molecular formula is C30H51BrO7. The lowest BCUT2D eigenvalue weighted by Crippen LogP contribution is -2.62. The van der Waals surface area contributed by atoms with Gasteiger partial charge in [-0.25, -0.2) is 0 Å². The number of alkyl halides is 1. The van der Waals surface area contributed by atoms with Crippen molar-refractivity contribution in [3.63, 3.8) is 0 Å². The van der Waals surface area contributed by atoms with Crippen molar-refractivity contribution in [2.45, 2.75) is 176 Å². The van der Waals surface area contributed by atoms with Crippen molar-refractivity contribution < 1.29 is 34.3 Å². The molecule has 0 amide bonds. The molecule has 0 spiro atoms. The number of rotatable bonds is 7. The van der Waals surface area contributed by atoms with Gasteiger partial charge in [0.2, 0.25) is 0 Å². The van der Waals surface area contributed by atoms with Crippen LogP contribution in [0.25, 0.3) is 0 Å². The Balaban J connectivity index is 1.30. The first-order chi connectivity index (χ1) is 17.3. The molecule has 0 aromatic heterocycles. The van der Waals surface area contributed by atoms with Crippen molar-refractivity contribution >= 4 is 15.9 Å². The maximum absolute atomic E-state index is 11.0. The van der Waals surface area contributed by atoms with E-state index < -0.39 is 23.1 Å². The normalized spacial score (nSPS) is 46.4. The molecule has 4 aliphatic rings. The number of ether oxygens (including phenoxy) is 4. The molecule has 4 fully saturated rings. The highest BCUT2D eigenvalue weighted by molar-refractivity contribution is 9.09. The van der Waals surface area contributed by atoms with Crippen LogP contribution in [0.2, 0.25) is 0 Å². The molecule has 0 aromatic carbocycles. The van der Waals surface area contributed by atoms with Gasteiger partial charge in [-0.1, -0.05) is 22.5 Å². The van der Waals surface area contributed by atoms with Crippen LogP contribution in [0.1, 0.15) is 113 Å². The Hall–Kier alpha value is -0.0600. The predicted molar refractivity (Wildman–Crippen MR) is 150 cm³/mol. The zero-order valence-electron chi connectivity index (χ0n) is 24.5. The highest BCUT2D eigenvalue weighted by atomic mass is 79.9. The number of hydrogen-bond acceptors (Lipinski definition) is 7. The number of fused-ring (bicyclic) bond motifs is 1. The average molecular weight is 604 g/mol. The van der Waals surface area contributed by atoms with Crippen molar-refractivity contribution in [2.24, 2.45) is 0 Å². The third kappa shape index (κ3) is 5.80. The van der Waals surface area contributed by atoms with Crippen molar-refractivity contribution in [1.82, 2.24) is 0 Å². The summed E-state index contributed by atoms with van der Waals surface area (Å²) >= 11 is 3.79. The fraction of sp³-hybridized carbons (Fsp3) is 0.933. The Morgan fingerprint density at radius 2 is 1.58 bits per heavy atom. The lowest BCUT2D eigenvalue weighted by molar-refractivity contribution is -0.306. The van der Waals surface area contributed by atoms with Crippen LogP contribution in [-0.2, 0) is 18.9 Å². The number of halogens is 1. The molecule has 7 nitrogen and oxygen atoms in total. The Morgan fingerprint density at radius 1 is 0.947 bits per heavy atom. The van der Waals surface area contributed by atoms with Crippen molar-refractivity contribution in [1.29, 1.82) is 0 Å². The summed E-state index contributed by atoms with van der Waals surface area (Å²) in [5, 5.41) is 32.1. The van der Waals surface area contributed by atoms with Crippen molar-refractivity contribution in [2.75, 3.05) is 0 Å². The Kier molecular flexibility index (Phi) is 8.40. The van der Waals surface area contributed by atoms with Crippen LogP contribution >= 0.6 is 15.9 Å². The third-order valence-corrected chi connectivity index (χ3v) is 11.6. The molecule has 0 unspecified atom stereocenters. The molecule has 8 heteroatoms. The van der Waals surface area contributed by atoms with E-state index in [9.17, 15) is 15.3 Å².